The van der Waals surface area contributed by atoms with Crippen LogP contribution in [-0.4, -0.2) is 52.9 Å². The second-order valence-corrected chi connectivity index (χ2v) is 7.62. The van der Waals surface area contributed by atoms with Gasteiger partial charge in [-0.3, -0.25) is 4.79 Å². The molecule has 31 heavy (non-hydrogen) atoms. The van der Waals surface area contributed by atoms with Gasteiger partial charge in [0.25, 0.3) is 5.91 Å². The molecule has 0 spiro atoms. The highest BCUT2D eigenvalue weighted by Gasteiger charge is 2.42. The van der Waals surface area contributed by atoms with Gasteiger partial charge in [0.1, 0.15) is 5.76 Å². The minimum atomic E-state index is -4.41. The number of halogens is 3. The largest absolute Gasteiger partial charge is 0.440 e. The fourth-order valence-corrected chi connectivity index (χ4v) is 4.08. The standard InChI is InChI=1S/C23H24F3N3O2/c1-3-28(4-2)13-14-29-18-8-6-5-7-17(18)20-19(22(29)30)27-21(31-20)15-9-11-16(12-10-15)23(24,25)26/h5-12,17-18H,3-4,13-14H2,1-2H3. The molecule has 1 aromatic carbocycles. The molecular weight excluding hydrogens is 407 g/mol. The number of alkyl halides is 3. The van der Waals surface area contributed by atoms with Crippen LogP contribution in [0.15, 0.2) is 53.0 Å². The number of nitrogens with zero attached hydrogens (tertiary/aromatic N) is 3. The summed E-state index contributed by atoms with van der Waals surface area (Å²) in [5.74, 6) is 0.222. The Hall–Kier alpha value is -2.87. The fraction of sp³-hybridized carbons (Fsp3) is 0.391. The van der Waals surface area contributed by atoms with Crippen LogP contribution in [0.3, 0.4) is 0 Å². The molecule has 4 rings (SSSR count). The van der Waals surface area contributed by atoms with Gasteiger partial charge in [-0.05, 0) is 37.4 Å². The summed E-state index contributed by atoms with van der Waals surface area (Å²) in [6.45, 7) is 7.27. The third-order valence-corrected chi connectivity index (χ3v) is 5.90. The van der Waals surface area contributed by atoms with Crippen LogP contribution in [0.2, 0.25) is 0 Å². The van der Waals surface area contributed by atoms with E-state index in [9.17, 15) is 18.0 Å². The van der Waals surface area contributed by atoms with Crippen molar-refractivity contribution in [3.8, 4) is 11.5 Å². The molecule has 5 nitrogen and oxygen atoms in total. The summed E-state index contributed by atoms with van der Waals surface area (Å²) in [6.07, 6.45) is 3.36. The Kier molecular flexibility index (Phi) is 5.75. The minimum absolute atomic E-state index is 0.152. The van der Waals surface area contributed by atoms with Crippen molar-refractivity contribution in [2.75, 3.05) is 26.2 Å². The van der Waals surface area contributed by atoms with Crippen molar-refractivity contribution in [1.29, 1.82) is 0 Å². The summed E-state index contributed by atoms with van der Waals surface area (Å²) in [4.78, 5) is 21.7. The van der Waals surface area contributed by atoms with Gasteiger partial charge in [0.2, 0.25) is 5.89 Å². The van der Waals surface area contributed by atoms with E-state index in [4.69, 9.17) is 4.42 Å². The second-order valence-electron chi connectivity index (χ2n) is 7.62. The van der Waals surface area contributed by atoms with E-state index in [2.05, 4.69) is 23.7 Å². The Morgan fingerprint density at radius 3 is 2.42 bits per heavy atom. The SMILES string of the molecule is CCN(CC)CCN1C(=O)c2nc(-c3ccc(C(F)(F)F)cc3)oc2C2C=CC=CC21. The number of oxazole rings is 1. The lowest BCUT2D eigenvalue weighted by Crippen LogP contribution is -2.49. The first kappa shape index (κ1) is 21.4. The van der Waals surface area contributed by atoms with Crippen molar-refractivity contribution in [2.24, 2.45) is 0 Å². The quantitative estimate of drug-likeness (QED) is 0.663. The zero-order valence-corrected chi connectivity index (χ0v) is 17.4. The van der Waals surface area contributed by atoms with Gasteiger partial charge in [0, 0.05) is 18.7 Å². The molecule has 2 unspecified atom stereocenters. The summed E-state index contributed by atoms with van der Waals surface area (Å²) < 4.78 is 44.5. The number of likely N-dealkylation sites (N-methyl/N-ethyl adjacent to an activating group) is 1. The maximum atomic E-state index is 13.3. The number of fused-ring (bicyclic) bond motifs is 3. The van der Waals surface area contributed by atoms with Gasteiger partial charge in [-0.1, -0.05) is 38.2 Å². The molecule has 8 heteroatoms. The van der Waals surface area contributed by atoms with Gasteiger partial charge in [-0.2, -0.15) is 13.2 Å². The van der Waals surface area contributed by atoms with E-state index in [1.807, 2.05) is 29.2 Å². The Balaban J connectivity index is 1.66. The molecule has 2 heterocycles. The minimum Gasteiger partial charge on any atom is -0.440 e. The van der Waals surface area contributed by atoms with Crippen LogP contribution in [-0.2, 0) is 6.18 Å². The summed E-state index contributed by atoms with van der Waals surface area (Å²) in [6, 6.07) is 4.44. The Morgan fingerprint density at radius 1 is 1.10 bits per heavy atom. The first-order valence-corrected chi connectivity index (χ1v) is 10.4. The Morgan fingerprint density at radius 2 is 1.77 bits per heavy atom. The summed E-state index contributed by atoms with van der Waals surface area (Å²) >= 11 is 0. The average Bonchev–Trinajstić information content (AvgIpc) is 3.22. The smallest absolute Gasteiger partial charge is 0.416 e. The second kappa shape index (κ2) is 8.34. The highest BCUT2D eigenvalue weighted by Crippen LogP contribution is 2.39. The number of hydrogen-bond donors (Lipinski definition) is 0. The van der Waals surface area contributed by atoms with E-state index in [0.29, 0.717) is 17.9 Å². The maximum Gasteiger partial charge on any atom is 0.416 e. The number of rotatable bonds is 6. The molecule has 0 fully saturated rings. The summed E-state index contributed by atoms with van der Waals surface area (Å²) in [7, 11) is 0. The van der Waals surface area contributed by atoms with Gasteiger partial charge >= 0.3 is 6.18 Å². The van der Waals surface area contributed by atoms with Crippen molar-refractivity contribution >= 4 is 5.91 Å². The first-order chi connectivity index (χ1) is 14.8. The van der Waals surface area contributed by atoms with Crippen molar-refractivity contribution in [3.63, 3.8) is 0 Å². The summed E-state index contributed by atoms with van der Waals surface area (Å²) in [5.41, 5.74) is -0.112. The number of benzene rings is 1. The lowest BCUT2D eigenvalue weighted by Gasteiger charge is -2.38. The number of carbonyl (C=O) groups excluding carboxylic acids is 1. The monoisotopic (exact) mass is 431 g/mol. The van der Waals surface area contributed by atoms with Crippen LogP contribution in [0.25, 0.3) is 11.5 Å². The lowest BCUT2D eigenvalue weighted by atomic mass is 9.87. The van der Waals surface area contributed by atoms with Gasteiger partial charge < -0.3 is 14.2 Å². The molecule has 1 aromatic heterocycles. The first-order valence-electron chi connectivity index (χ1n) is 10.4. The van der Waals surface area contributed by atoms with E-state index in [-0.39, 0.29) is 29.5 Å². The van der Waals surface area contributed by atoms with E-state index < -0.39 is 11.7 Å². The zero-order chi connectivity index (χ0) is 22.2. The molecule has 0 saturated carbocycles. The highest BCUT2D eigenvalue weighted by molar-refractivity contribution is 5.96. The number of hydrogen-bond acceptors (Lipinski definition) is 4. The van der Waals surface area contributed by atoms with Crippen molar-refractivity contribution in [2.45, 2.75) is 32.0 Å². The molecule has 2 aromatic rings. The van der Waals surface area contributed by atoms with Gasteiger partial charge in [-0.25, -0.2) is 4.98 Å². The van der Waals surface area contributed by atoms with Crippen molar-refractivity contribution in [3.05, 3.63) is 65.6 Å². The lowest BCUT2D eigenvalue weighted by molar-refractivity contribution is -0.137. The van der Waals surface area contributed by atoms with Gasteiger partial charge in [-0.15, -0.1) is 0 Å². The molecule has 0 saturated heterocycles. The molecular formula is C23H24F3N3O2. The number of amides is 1. The molecule has 2 atom stereocenters. The highest BCUT2D eigenvalue weighted by atomic mass is 19.4. The zero-order valence-electron chi connectivity index (χ0n) is 17.4. The van der Waals surface area contributed by atoms with Crippen LogP contribution in [0.1, 0.15) is 41.6 Å². The van der Waals surface area contributed by atoms with Crippen LogP contribution in [0.4, 0.5) is 13.2 Å². The molecule has 2 aliphatic rings. The number of allylic oxidation sites excluding steroid dienone is 2. The summed E-state index contributed by atoms with van der Waals surface area (Å²) in [5, 5.41) is 0. The Bertz CT molecular complexity index is 1000. The predicted octanol–water partition coefficient (Wildman–Crippen LogP) is 4.74. The predicted molar refractivity (Wildman–Crippen MR) is 111 cm³/mol. The Labute approximate surface area is 178 Å². The van der Waals surface area contributed by atoms with E-state index >= 15 is 0 Å². The molecule has 0 radical (unpaired) electrons. The number of aromatic nitrogens is 1. The van der Waals surface area contributed by atoms with Crippen LogP contribution in [0.5, 0.6) is 0 Å². The molecule has 1 aliphatic heterocycles. The van der Waals surface area contributed by atoms with Crippen molar-refractivity contribution < 1.29 is 22.4 Å². The topological polar surface area (TPSA) is 49.6 Å². The van der Waals surface area contributed by atoms with Crippen molar-refractivity contribution in [1.82, 2.24) is 14.8 Å². The van der Waals surface area contributed by atoms with Crippen LogP contribution < -0.4 is 0 Å². The molecule has 0 bridgehead atoms. The van der Waals surface area contributed by atoms with E-state index in [1.54, 1.807) is 0 Å². The van der Waals surface area contributed by atoms with Crippen LogP contribution >= 0.6 is 0 Å². The number of carbonyl (C=O) groups is 1. The van der Waals surface area contributed by atoms with Gasteiger partial charge in [0.05, 0.1) is 17.5 Å². The van der Waals surface area contributed by atoms with E-state index in [1.165, 1.54) is 12.1 Å². The normalized spacial score (nSPS) is 20.3. The molecule has 1 aliphatic carbocycles. The molecule has 164 valence electrons. The van der Waals surface area contributed by atoms with Crippen LogP contribution in [0, 0.1) is 0 Å². The fourth-order valence-electron chi connectivity index (χ4n) is 4.08. The van der Waals surface area contributed by atoms with Gasteiger partial charge in [0.15, 0.2) is 5.69 Å². The molecule has 0 N–H and O–H groups in total. The average molecular weight is 431 g/mol. The maximum absolute atomic E-state index is 13.3. The third kappa shape index (κ3) is 4.04. The third-order valence-electron chi connectivity index (χ3n) is 5.90. The van der Waals surface area contributed by atoms with E-state index in [0.717, 1.165) is 31.8 Å². The molecule has 1 amide bonds.